The predicted octanol–water partition coefficient (Wildman–Crippen LogP) is 6.07. The van der Waals surface area contributed by atoms with Crippen LogP contribution in [0.1, 0.15) is 36.1 Å². The summed E-state index contributed by atoms with van der Waals surface area (Å²) in [6.45, 7) is 2.49. The highest BCUT2D eigenvalue weighted by atomic mass is 32.2. The molecule has 3 heterocycles. The quantitative estimate of drug-likeness (QED) is 0.192. The minimum absolute atomic E-state index is 0.00930. The van der Waals surface area contributed by atoms with E-state index >= 15 is 0 Å². The summed E-state index contributed by atoms with van der Waals surface area (Å²) >= 11 is 3.08. The van der Waals surface area contributed by atoms with Crippen LogP contribution in [0.4, 0.5) is 0 Å². The molecule has 0 saturated heterocycles. The SMILES string of the molecule is CCOc1ccccc1-c1noc(CSc2nc3sc4c(c3c(=O)n2-c2ccccc2)CCCC4)n1. The fourth-order valence-electron chi connectivity index (χ4n) is 4.57. The number of aryl methyl sites for hydroxylation is 2. The molecule has 7 nitrogen and oxygen atoms in total. The van der Waals surface area contributed by atoms with Gasteiger partial charge in [0.2, 0.25) is 11.7 Å². The number of nitrogens with zero attached hydrogens (tertiary/aromatic N) is 4. The van der Waals surface area contributed by atoms with Crippen LogP contribution in [-0.4, -0.2) is 26.3 Å². The summed E-state index contributed by atoms with van der Waals surface area (Å²) in [5.74, 6) is 2.04. The van der Waals surface area contributed by atoms with E-state index in [0.29, 0.717) is 35.0 Å². The fourth-order valence-corrected chi connectivity index (χ4v) is 6.72. The molecule has 0 unspecified atom stereocenters. The first kappa shape index (κ1) is 23.0. The highest BCUT2D eigenvalue weighted by molar-refractivity contribution is 7.98. The summed E-state index contributed by atoms with van der Waals surface area (Å²) < 4.78 is 13.0. The van der Waals surface area contributed by atoms with Crippen molar-refractivity contribution in [1.29, 1.82) is 0 Å². The van der Waals surface area contributed by atoms with Crippen LogP contribution in [0.3, 0.4) is 0 Å². The maximum Gasteiger partial charge on any atom is 0.267 e. The van der Waals surface area contributed by atoms with Crippen LogP contribution >= 0.6 is 23.1 Å². The summed E-state index contributed by atoms with van der Waals surface area (Å²) in [6.07, 6.45) is 4.26. The van der Waals surface area contributed by atoms with Crippen molar-refractivity contribution in [3.05, 3.63) is 81.3 Å². The van der Waals surface area contributed by atoms with E-state index in [1.54, 1.807) is 15.9 Å². The summed E-state index contributed by atoms with van der Waals surface area (Å²) in [4.78, 5) is 25.5. The Morgan fingerprint density at radius 1 is 1.06 bits per heavy atom. The number of thiophene rings is 1. The monoisotopic (exact) mass is 516 g/mol. The molecule has 0 saturated carbocycles. The molecule has 182 valence electrons. The van der Waals surface area contributed by atoms with Gasteiger partial charge in [0.25, 0.3) is 5.56 Å². The Labute approximate surface area is 216 Å². The Balaban J connectivity index is 1.37. The first-order valence-electron chi connectivity index (χ1n) is 12.0. The molecule has 0 aliphatic heterocycles. The van der Waals surface area contributed by atoms with Crippen LogP contribution in [0.2, 0.25) is 0 Å². The van der Waals surface area contributed by atoms with Gasteiger partial charge in [0.05, 0.1) is 29.0 Å². The zero-order valence-corrected chi connectivity index (χ0v) is 21.4. The highest BCUT2D eigenvalue weighted by Crippen LogP contribution is 2.36. The van der Waals surface area contributed by atoms with E-state index in [9.17, 15) is 4.79 Å². The molecule has 0 N–H and O–H groups in total. The van der Waals surface area contributed by atoms with Crippen molar-refractivity contribution in [3.8, 4) is 22.8 Å². The van der Waals surface area contributed by atoms with Crippen LogP contribution in [0.5, 0.6) is 5.75 Å². The number of thioether (sulfide) groups is 1. The normalized spacial score (nSPS) is 13.1. The van der Waals surface area contributed by atoms with E-state index in [0.717, 1.165) is 40.7 Å². The zero-order valence-electron chi connectivity index (χ0n) is 19.8. The smallest absolute Gasteiger partial charge is 0.267 e. The Kier molecular flexibility index (Phi) is 6.33. The Bertz CT molecular complexity index is 1590. The lowest BCUT2D eigenvalue weighted by molar-refractivity contribution is 0.341. The van der Waals surface area contributed by atoms with Crippen molar-refractivity contribution >= 4 is 33.3 Å². The molecule has 6 rings (SSSR count). The number of benzene rings is 2. The Morgan fingerprint density at radius 3 is 2.72 bits per heavy atom. The molecule has 0 atom stereocenters. The lowest BCUT2D eigenvalue weighted by Crippen LogP contribution is -2.22. The van der Waals surface area contributed by atoms with Crippen molar-refractivity contribution in [2.24, 2.45) is 0 Å². The van der Waals surface area contributed by atoms with Crippen molar-refractivity contribution < 1.29 is 9.26 Å². The van der Waals surface area contributed by atoms with Gasteiger partial charge in [-0.05, 0) is 62.4 Å². The molecule has 1 aliphatic carbocycles. The molecule has 0 bridgehead atoms. The van der Waals surface area contributed by atoms with E-state index in [1.165, 1.54) is 28.6 Å². The fraction of sp³-hybridized carbons (Fsp3) is 0.259. The minimum Gasteiger partial charge on any atom is -0.493 e. The summed E-state index contributed by atoms with van der Waals surface area (Å²) in [5, 5.41) is 5.56. The van der Waals surface area contributed by atoms with Gasteiger partial charge in [0.15, 0.2) is 5.16 Å². The second kappa shape index (κ2) is 9.91. The number of rotatable bonds is 7. The summed E-state index contributed by atoms with van der Waals surface area (Å²) in [6, 6.07) is 17.3. The van der Waals surface area contributed by atoms with E-state index in [2.05, 4.69) is 10.1 Å². The molecule has 0 amide bonds. The largest absolute Gasteiger partial charge is 0.493 e. The second-order valence-corrected chi connectivity index (χ2v) is 10.5. The van der Waals surface area contributed by atoms with Crippen molar-refractivity contribution in [2.75, 3.05) is 6.61 Å². The van der Waals surface area contributed by atoms with Gasteiger partial charge in [-0.3, -0.25) is 9.36 Å². The predicted molar refractivity (Wildman–Crippen MR) is 142 cm³/mol. The van der Waals surface area contributed by atoms with Gasteiger partial charge in [-0.1, -0.05) is 47.3 Å². The first-order valence-corrected chi connectivity index (χ1v) is 13.8. The summed E-state index contributed by atoms with van der Waals surface area (Å²) in [5.41, 5.74) is 2.76. The molecule has 0 fully saturated rings. The van der Waals surface area contributed by atoms with Crippen LogP contribution in [0.15, 0.2) is 69.1 Å². The van der Waals surface area contributed by atoms with Gasteiger partial charge in [-0.15, -0.1) is 11.3 Å². The molecule has 1 aliphatic rings. The number of hydrogen-bond acceptors (Lipinski definition) is 8. The highest BCUT2D eigenvalue weighted by Gasteiger charge is 2.23. The molecule has 9 heteroatoms. The molecule has 3 aromatic heterocycles. The van der Waals surface area contributed by atoms with Gasteiger partial charge in [-0.25, -0.2) is 4.98 Å². The zero-order chi connectivity index (χ0) is 24.5. The average molecular weight is 517 g/mol. The maximum atomic E-state index is 13.8. The van der Waals surface area contributed by atoms with Crippen LogP contribution in [-0.2, 0) is 18.6 Å². The van der Waals surface area contributed by atoms with Crippen molar-refractivity contribution in [1.82, 2.24) is 19.7 Å². The van der Waals surface area contributed by atoms with Gasteiger partial charge in [0.1, 0.15) is 10.6 Å². The van der Waals surface area contributed by atoms with Gasteiger partial charge in [-0.2, -0.15) is 4.98 Å². The number of hydrogen-bond donors (Lipinski definition) is 0. The lowest BCUT2D eigenvalue weighted by Gasteiger charge is -2.13. The molecular weight excluding hydrogens is 492 g/mol. The number of ether oxygens (including phenoxy) is 1. The van der Waals surface area contributed by atoms with Gasteiger partial charge in [0, 0.05) is 4.88 Å². The van der Waals surface area contributed by atoms with Crippen molar-refractivity contribution in [3.63, 3.8) is 0 Å². The molecule has 36 heavy (non-hydrogen) atoms. The molecule has 0 radical (unpaired) electrons. The summed E-state index contributed by atoms with van der Waals surface area (Å²) in [7, 11) is 0. The van der Waals surface area contributed by atoms with Crippen LogP contribution < -0.4 is 10.3 Å². The average Bonchev–Trinajstić information content (AvgIpc) is 3.53. The van der Waals surface area contributed by atoms with Gasteiger partial charge < -0.3 is 9.26 Å². The Morgan fingerprint density at radius 2 is 1.86 bits per heavy atom. The number of aromatic nitrogens is 4. The first-order chi connectivity index (χ1) is 17.7. The minimum atomic E-state index is -0.00930. The third-order valence-electron chi connectivity index (χ3n) is 6.19. The van der Waals surface area contributed by atoms with E-state index in [-0.39, 0.29) is 5.56 Å². The topological polar surface area (TPSA) is 83.0 Å². The lowest BCUT2D eigenvalue weighted by atomic mass is 9.97. The van der Waals surface area contributed by atoms with Crippen LogP contribution in [0.25, 0.3) is 27.3 Å². The van der Waals surface area contributed by atoms with Gasteiger partial charge >= 0.3 is 0 Å². The molecule has 5 aromatic rings. The van der Waals surface area contributed by atoms with E-state index in [1.807, 2.05) is 61.5 Å². The number of fused-ring (bicyclic) bond motifs is 3. The van der Waals surface area contributed by atoms with E-state index < -0.39 is 0 Å². The molecular formula is C27H24N4O3S2. The molecule has 2 aromatic carbocycles. The van der Waals surface area contributed by atoms with Crippen molar-refractivity contribution in [2.45, 2.75) is 43.5 Å². The maximum absolute atomic E-state index is 13.8. The Hall–Kier alpha value is -3.43. The standard InChI is InChI=1S/C27H24N4O3S2/c1-2-33-20-14-8-6-12-18(20)24-28-22(34-30-24)16-35-27-29-25-23(19-13-7-9-15-21(19)36-25)26(32)31(27)17-10-4-3-5-11-17/h3-6,8,10-12,14H,2,7,9,13,15-16H2,1H3. The van der Waals surface area contributed by atoms with E-state index in [4.69, 9.17) is 14.2 Å². The van der Waals surface area contributed by atoms with Crippen LogP contribution in [0, 0.1) is 0 Å². The third-order valence-corrected chi connectivity index (χ3v) is 8.30. The third kappa shape index (κ3) is 4.22. The number of para-hydroxylation sites is 2. The molecule has 0 spiro atoms. The second-order valence-electron chi connectivity index (χ2n) is 8.49.